The van der Waals surface area contributed by atoms with Gasteiger partial charge >= 0.3 is 0 Å². The van der Waals surface area contributed by atoms with E-state index in [1.165, 1.54) is 19.3 Å². The molecule has 0 saturated carbocycles. The molecule has 11 heavy (non-hydrogen) atoms. The van der Waals surface area contributed by atoms with Crippen molar-refractivity contribution in [1.29, 1.82) is 0 Å². The summed E-state index contributed by atoms with van der Waals surface area (Å²) in [6.07, 6.45) is 4.62. The number of hydrogen-bond donors (Lipinski definition) is 0. The van der Waals surface area contributed by atoms with Crippen LogP contribution in [0.15, 0.2) is 0 Å². The van der Waals surface area contributed by atoms with Crippen molar-refractivity contribution in [3.05, 3.63) is 0 Å². The maximum Gasteiger partial charge on any atom is 0.0603 e. The molecule has 62 valence electrons. The topological polar surface area (TPSA) is 9.23 Å². The molecule has 0 spiro atoms. The maximum atomic E-state index is 5.31. The van der Waals surface area contributed by atoms with E-state index in [1.54, 1.807) is 0 Å². The van der Waals surface area contributed by atoms with Crippen LogP contribution in [0, 0.1) is 17.8 Å². The van der Waals surface area contributed by atoms with Crippen molar-refractivity contribution in [2.24, 2.45) is 5.92 Å². The smallest absolute Gasteiger partial charge is 0.0603 e. The van der Waals surface area contributed by atoms with Gasteiger partial charge in [0.1, 0.15) is 0 Å². The monoisotopic (exact) mass is 152 g/mol. The minimum Gasteiger partial charge on any atom is -0.380 e. The summed E-state index contributed by atoms with van der Waals surface area (Å²) in [5.41, 5.74) is 0. The van der Waals surface area contributed by atoms with Crippen LogP contribution >= 0.6 is 0 Å². The third-order valence-electron chi connectivity index (χ3n) is 1.84. The molecule has 0 aromatic rings. The predicted molar refractivity (Wildman–Crippen MR) is 46.2 cm³/mol. The Morgan fingerprint density at radius 2 is 2.45 bits per heavy atom. The molecule has 1 aliphatic rings. The molecule has 1 heterocycles. The zero-order valence-corrected chi connectivity index (χ0v) is 7.23. The van der Waals surface area contributed by atoms with Crippen LogP contribution in [0.2, 0.25) is 0 Å². The molecule has 0 aliphatic carbocycles. The van der Waals surface area contributed by atoms with Gasteiger partial charge in [0.2, 0.25) is 0 Å². The Morgan fingerprint density at radius 3 is 3.09 bits per heavy atom. The summed E-state index contributed by atoms with van der Waals surface area (Å²) >= 11 is 0. The second-order valence-corrected chi connectivity index (χ2v) is 2.99. The fourth-order valence-electron chi connectivity index (χ4n) is 1.20. The van der Waals surface area contributed by atoms with Crippen LogP contribution in [0.5, 0.6) is 0 Å². The second-order valence-electron chi connectivity index (χ2n) is 2.99. The zero-order chi connectivity index (χ0) is 7.94. The van der Waals surface area contributed by atoms with Gasteiger partial charge in [-0.25, -0.2) is 0 Å². The second kappa shape index (κ2) is 5.21. The first-order chi connectivity index (χ1) is 5.43. The molecule has 1 atom stereocenters. The zero-order valence-electron chi connectivity index (χ0n) is 7.23. The maximum absolute atomic E-state index is 5.31. The molecule has 0 radical (unpaired) electrons. The number of hydrogen-bond acceptors (Lipinski definition) is 1. The average Bonchev–Trinajstić information content (AvgIpc) is 2.07. The van der Waals surface area contributed by atoms with Crippen LogP contribution in [0.4, 0.5) is 0 Å². The molecule has 1 rings (SSSR count). The Bertz CT molecular complexity index is 146. The van der Waals surface area contributed by atoms with E-state index in [1.807, 2.05) is 0 Å². The van der Waals surface area contributed by atoms with E-state index in [4.69, 9.17) is 4.74 Å². The van der Waals surface area contributed by atoms with Gasteiger partial charge in [0.15, 0.2) is 0 Å². The van der Waals surface area contributed by atoms with E-state index in [2.05, 4.69) is 18.8 Å². The highest BCUT2D eigenvalue weighted by atomic mass is 16.5. The summed E-state index contributed by atoms with van der Waals surface area (Å²) < 4.78 is 5.31. The largest absolute Gasteiger partial charge is 0.380 e. The fraction of sp³-hybridized carbons (Fsp3) is 0.800. The number of rotatable bonds is 1. The molecule has 0 N–H and O–H groups in total. The highest BCUT2D eigenvalue weighted by molar-refractivity contribution is 5.04. The van der Waals surface area contributed by atoms with Crippen LogP contribution in [0.1, 0.15) is 32.6 Å². The molecule has 1 saturated heterocycles. The van der Waals surface area contributed by atoms with Crippen LogP contribution in [-0.4, -0.2) is 13.2 Å². The third kappa shape index (κ3) is 3.43. The molecule has 1 unspecified atom stereocenters. The van der Waals surface area contributed by atoms with Gasteiger partial charge in [0.05, 0.1) is 6.61 Å². The van der Waals surface area contributed by atoms with Crippen molar-refractivity contribution in [3.8, 4) is 11.8 Å². The Kier molecular flexibility index (Phi) is 4.08. The Labute approximate surface area is 69.1 Å². The van der Waals surface area contributed by atoms with Crippen LogP contribution in [0.3, 0.4) is 0 Å². The lowest BCUT2D eigenvalue weighted by atomic mass is 10.0. The van der Waals surface area contributed by atoms with Gasteiger partial charge in [0, 0.05) is 18.9 Å². The summed E-state index contributed by atoms with van der Waals surface area (Å²) in [4.78, 5) is 0. The van der Waals surface area contributed by atoms with Gasteiger partial charge in [-0.05, 0) is 19.3 Å². The first-order valence-corrected chi connectivity index (χ1v) is 4.49. The van der Waals surface area contributed by atoms with Crippen LogP contribution in [-0.2, 0) is 4.74 Å². The molecule has 1 fully saturated rings. The van der Waals surface area contributed by atoms with Crippen molar-refractivity contribution in [2.45, 2.75) is 32.6 Å². The van der Waals surface area contributed by atoms with Crippen molar-refractivity contribution in [1.82, 2.24) is 0 Å². The average molecular weight is 152 g/mol. The van der Waals surface area contributed by atoms with Gasteiger partial charge in [-0.3, -0.25) is 0 Å². The predicted octanol–water partition coefficient (Wildman–Crippen LogP) is 2.22. The lowest BCUT2D eigenvalue weighted by Crippen LogP contribution is -2.15. The Morgan fingerprint density at radius 1 is 1.55 bits per heavy atom. The highest BCUT2D eigenvalue weighted by Crippen LogP contribution is 2.11. The molecule has 1 aliphatic heterocycles. The van der Waals surface area contributed by atoms with Gasteiger partial charge in [-0.2, -0.15) is 0 Å². The minimum absolute atomic E-state index is 0.523. The number of unbranched alkanes of at least 4 members (excludes halogenated alkanes) is 1. The summed E-state index contributed by atoms with van der Waals surface area (Å²) in [5.74, 6) is 6.95. The normalized spacial score (nSPS) is 23.9. The third-order valence-corrected chi connectivity index (χ3v) is 1.84. The Hall–Kier alpha value is -0.480. The van der Waals surface area contributed by atoms with Crippen molar-refractivity contribution < 1.29 is 4.74 Å². The van der Waals surface area contributed by atoms with E-state index in [0.29, 0.717) is 5.92 Å². The molecule has 0 amide bonds. The molecule has 0 aromatic carbocycles. The van der Waals surface area contributed by atoms with E-state index in [0.717, 1.165) is 19.6 Å². The van der Waals surface area contributed by atoms with Gasteiger partial charge in [0.25, 0.3) is 0 Å². The fourth-order valence-corrected chi connectivity index (χ4v) is 1.20. The van der Waals surface area contributed by atoms with E-state index >= 15 is 0 Å². The standard InChI is InChI=1S/C10H16O/c1-2-3-4-6-10-7-5-8-11-9-10/h10H,2-3,5,7-9H2,1H3. The van der Waals surface area contributed by atoms with Gasteiger partial charge in [-0.15, -0.1) is 5.92 Å². The van der Waals surface area contributed by atoms with Crippen LogP contribution < -0.4 is 0 Å². The molecular formula is C10H16O. The van der Waals surface area contributed by atoms with Crippen molar-refractivity contribution in [2.75, 3.05) is 13.2 Å². The Balaban J connectivity index is 2.19. The van der Waals surface area contributed by atoms with Crippen molar-refractivity contribution >= 4 is 0 Å². The van der Waals surface area contributed by atoms with E-state index in [-0.39, 0.29) is 0 Å². The van der Waals surface area contributed by atoms with Crippen molar-refractivity contribution in [3.63, 3.8) is 0 Å². The molecule has 1 heteroatoms. The summed E-state index contributed by atoms with van der Waals surface area (Å²) in [6, 6.07) is 0. The molecule has 0 aromatic heterocycles. The summed E-state index contributed by atoms with van der Waals surface area (Å²) in [5, 5.41) is 0. The quantitative estimate of drug-likeness (QED) is 0.523. The van der Waals surface area contributed by atoms with E-state index < -0.39 is 0 Å². The highest BCUT2D eigenvalue weighted by Gasteiger charge is 2.09. The first kappa shape index (κ1) is 8.62. The minimum atomic E-state index is 0.523. The molecule has 1 nitrogen and oxygen atoms in total. The molecular weight excluding hydrogens is 136 g/mol. The number of ether oxygens (including phenoxy) is 1. The lowest BCUT2D eigenvalue weighted by molar-refractivity contribution is 0.0739. The van der Waals surface area contributed by atoms with Gasteiger partial charge in [-0.1, -0.05) is 12.8 Å². The molecule has 0 bridgehead atoms. The SMILES string of the molecule is CCCC#CC1CCCOC1. The lowest BCUT2D eigenvalue weighted by Gasteiger charge is -2.16. The van der Waals surface area contributed by atoms with Crippen LogP contribution in [0.25, 0.3) is 0 Å². The summed E-state index contributed by atoms with van der Waals surface area (Å²) in [6.45, 7) is 3.95. The van der Waals surface area contributed by atoms with Gasteiger partial charge < -0.3 is 4.74 Å². The summed E-state index contributed by atoms with van der Waals surface area (Å²) in [7, 11) is 0. The van der Waals surface area contributed by atoms with E-state index in [9.17, 15) is 0 Å². The first-order valence-electron chi connectivity index (χ1n) is 4.49.